The van der Waals surface area contributed by atoms with E-state index in [1.165, 1.54) is 32.1 Å². The maximum Gasteiger partial charge on any atom is 0.264 e. The molecule has 2 aromatic carbocycles. The maximum absolute atomic E-state index is 13.4. The summed E-state index contributed by atoms with van der Waals surface area (Å²) >= 11 is 8.29. The number of para-hydroxylation sites is 1. The predicted octanol–water partition coefficient (Wildman–Crippen LogP) is 5.42. The minimum atomic E-state index is -3.95. The van der Waals surface area contributed by atoms with Crippen molar-refractivity contribution in [2.45, 2.75) is 55.6 Å². The molecule has 0 atom stereocenters. The Labute approximate surface area is 201 Å². The largest absolute Gasteiger partial charge is 0.354 e. The lowest BCUT2D eigenvalue weighted by Crippen LogP contribution is -2.41. The second kappa shape index (κ2) is 12.0. The third-order valence-electron chi connectivity index (χ3n) is 5.57. The number of halogens is 1. The number of thioether (sulfide) groups is 1. The number of rotatable bonds is 10. The first-order valence-corrected chi connectivity index (χ1v) is 14.0. The average molecular weight is 495 g/mol. The van der Waals surface area contributed by atoms with Crippen molar-refractivity contribution in [3.05, 3.63) is 59.1 Å². The van der Waals surface area contributed by atoms with E-state index in [1.54, 1.807) is 48.5 Å². The molecule has 1 aliphatic carbocycles. The summed E-state index contributed by atoms with van der Waals surface area (Å²) < 4.78 is 27.8. The van der Waals surface area contributed by atoms with Gasteiger partial charge in [-0.2, -0.15) is 11.8 Å². The van der Waals surface area contributed by atoms with Crippen LogP contribution in [0.3, 0.4) is 0 Å². The molecule has 0 spiro atoms. The number of hydrogen-bond acceptors (Lipinski definition) is 4. The number of nitrogens with zero attached hydrogens (tertiary/aromatic N) is 1. The zero-order valence-electron chi connectivity index (χ0n) is 18.4. The first-order valence-electron chi connectivity index (χ1n) is 11.1. The molecule has 3 rings (SSSR count). The monoisotopic (exact) mass is 494 g/mol. The van der Waals surface area contributed by atoms with Crippen molar-refractivity contribution in [1.29, 1.82) is 0 Å². The minimum absolute atomic E-state index is 0.125. The lowest BCUT2D eigenvalue weighted by atomic mass is 10.0. The predicted molar refractivity (Wildman–Crippen MR) is 134 cm³/mol. The van der Waals surface area contributed by atoms with Gasteiger partial charge in [-0.1, -0.05) is 60.7 Å². The molecule has 0 radical (unpaired) electrons. The van der Waals surface area contributed by atoms with E-state index < -0.39 is 10.0 Å². The molecule has 1 amide bonds. The van der Waals surface area contributed by atoms with Crippen LogP contribution in [0, 0.1) is 6.92 Å². The molecule has 0 aromatic heterocycles. The Morgan fingerprint density at radius 1 is 1.09 bits per heavy atom. The Morgan fingerprint density at radius 3 is 2.47 bits per heavy atom. The van der Waals surface area contributed by atoms with Gasteiger partial charge in [-0.05, 0) is 56.2 Å². The molecule has 1 aliphatic rings. The molecule has 0 unspecified atom stereocenters. The molecule has 0 heterocycles. The van der Waals surface area contributed by atoms with E-state index in [-0.39, 0.29) is 28.1 Å². The molecule has 0 bridgehead atoms. The van der Waals surface area contributed by atoms with Gasteiger partial charge in [0.25, 0.3) is 10.0 Å². The number of carbonyl (C=O) groups excluding carboxylic acids is 1. The highest BCUT2D eigenvalue weighted by Crippen LogP contribution is 2.30. The third-order valence-corrected chi connectivity index (χ3v) is 9.13. The van der Waals surface area contributed by atoms with Crippen LogP contribution in [-0.2, 0) is 14.8 Å². The van der Waals surface area contributed by atoms with Gasteiger partial charge in [-0.25, -0.2) is 8.42 Å². The summed E-state index contributed by atoms with van der Waals surface area (Å²) in [5.74, 6) is 0.657. The fourth-order valence-electron chi connectivity index (χ4n) is 3.76. The van der Waals surface area contributed by atoms with Gasteiger partial charge in [0, 0.05) is 11.8 Å². The van der Waals surface area contributed by atoms with E-state index in [2.05, 4.69) is 5.32 Å². The Balaban J connectivity index is 1.63. The van der Waals surface area contributed by atoms with E-state index in [4.69, 9.17) is 11.6 Å². The minimum Gasteiger partial charge on any atom is -0.354 e. The van der Waals surface area contributed by atoms with Gasteiger partial charge in [0.15, 0.2) is 0 Å². The third kappa shape index (κ3) is 6.90. The lowest BCUT2D eigenvalue weighted by Gasteiger charge is -2.25. The summed E-state index contributed by atoms with van der Waals surface area (Å²) in [7, 11) is -3.95. The van der Waals surface area contributed by atoms with Crippen LogP contribution < -0.4 is 9.62 Å². The highest BCUT2D eigenvalue weighted by molar-refractivity contribution is 7.99. The van der Waals surface area contributed by atoms with E-state index in [0.717, 1.165) is 27.3 Å². The van der Waals surface area contributed by atoms with Gasteiger partial charge in [-0.15, -0.1) is 0 Å². The van der Waals surface area contributed by atoms with Gasteiger partial charge >= 0.3 is 0 Å². The van der Waals surface area contributed by atoms with Crippen molar-refractivity contribution in [1.82, 2.24) is 5.32 Å². The second-order valence-electron chi connectivity index (χ2n) is 8.11. The molecule has 1 saturated carbocycles. The number of benzene rings is 2. The Morgan fingerprint density at radius 2 is 1.78 bits per heavy atom. The van der Waals surface area contributed by atoms with Crippen LogP contribution in [-0.4, -0.2) is 38.4 Å². The van der Waals surface area contributed by atoms with Gasteiger partial charge in [0.1, 0.15) is 6.54 Å². The summed E-state index contributed by atoms with van der Waals surface area (Å²) in [6.07, 6.45) is 7.44. The Kier molecular flexibility index (Phi) is 9.32. The molecule has 1 N–H and O–H groups in total. The quantitative estimate of drug-likeness (QED) is 0.448. The van der Waals surface area contributed by atoms with E-state index in [9.17, 15) is 13.2 Å². The molecular weight excluding hydrogens is 464 g/mol. The highest BCUT2D eigenvalue weighted by atomic mass is 35.5. The fourth-order valence-corrected chi connectivity index (χ4v) is 6.80. The molecule has 0 saturated heterocycles. The summed E-state index contributed by atoms with van der Waals surface area (Å²) in [6, 6.07) is 13.2. The smallest absolute Gasteiger partial charge is 0.264 e. The van der Waals surface area contributed by atoms with Crippen LogP contribution in [0.5, 0.6) is 0 Å². The number of aryl methyl sites for hydroxylation is 1. The average Bonchev–Trinajstić information content (AvgIpc) is 2.79. The van der Waals surface area contributed by atoms with Crippen molar-refractivity contribution < 1.29 is 13.2 Å². The zero-order valence-corrected chi connectivity index (χ0v) is 20.8. The van der Waals surface area contributed by atoms with Gasteiger partial charge in [0.05, 0.1) is 15.6 Å². The highest BCUT2D eigenvalue weighted by Gasteiger charge is 2.28. The van der Waals surface area contributed by atoms with Crippen LogP contribution in [0.1, 0.15) is 44.1 Å². The van der Waals surface area contributed by atoms with Gasteiger partial charge in [-0.3, -0.25) is 9.10 Å². The Hall–Kier alpha value is -1.70. The van der Waals surface area contributed by atoms with Crippen molar-refractivity contribution in [3.63, 3.8) is 0 Å². The van der Waals surface area contributed by atoms with Crippen LogP contribution >= 0.6 is 23.4 Å². The number of hydrogen-bond donors (Lipinski definition) is 1. The molecule has 0 aliphatic heterocycles. The number of anilines is 1. The van der Waals surface area contributed by atoms with Crippen LogP contribution in [0.4, 0.5) is 5.69 Å². The number of amides is 1. The Bertz CT molecular complexity index is 991. The van der Waals surface area contributed by atoms with Crippen LogP contribution in [0.2, 0.25) is 5.02 Å². The summed E-state index contributed by atoms with van der Waals surface area (Å²) in [4.78, 5) is 12.8. The molecule has 174 valence electrons. The van der Waals surface area contributed by atoms with Crippen molar-refractivity contribution >= 4 is 45.0 Å². The molecule has 8 heteroatoms. The number of carbonyl (C=O) groups is 1. The second-order valence-corrected chi connectivity index (χ2v) is 11.8. The summed E-state index contributed by atoms with van der Waals surface area (Å²) in [5.41, 5.74) is 1.25. The molecule has 5 nitrogen and oxygen atoms in total. The van der Waals surface area contributed by atoms with E-state index >= 15 is 0 Å². The number of nitrogens with one attached hydrogen (secondary N) is 1. The fraction of sp³-hybridized carbons (Fsp3) is 0.458. The van der Waals surface area contributed by atoms with E-state index in [1.807, 2.05) is 18.7 Å². The van der Waals surface area contributed by atoms with Crippen molar-refractivity contribution in [2.24, 2.45) is 0 Å². The SMILES string of the molecule is Cc1ccc(S(=O)(=O)N(CC(=O)NCCCSC2CCCCC2)c2ccccc2Cl)cc1. The zero-order chi connectivity index (χ0) is 23.0. The molecule has 1 fully saturated rings. The van der Waals surface area contributed by atoms with Crippen molar-refractivity contribution in [3.8, 4) is 0 Å². The molecule has 32 heavy (non-hydrogen) atoms. The maximum atomic E-state index is 13.4. The molecular formula is C24H31ClN2O3S2. The topological polar surface area (TPSA) is 66.5 Å². The first-order chi connectivity index (χ1) is 15.4. The van der Waals surface area contributed by atoms with Crippen molar-refractivity contribution in [2.75, 3.05) is 23.1 Å². The summed E-state index contributed by atoms with van der Waals surface area (Å²) in [5, 5.41) is 3.89. The lowest BCUT2D eigenvalue weighted by molar-refractivity contribution is -0.119. The summed E-state index contributed by atoms with van der Waals surface area (Å²) in [6.45, 7) is 2.09. The standard InChI is InChI=1S/C24H31ClN2O3S2/c1-19-12-14-21(15-13-19)32(29,30)27(23-11-6-5-10-22(23)25)18-24(28)26-16-7-17-31-20-8-3-2-4-9-20/h5-6,10-15,20H,2-4,7-9,16-18H2,1H3,(H,26,28). The number of sulfonamides is 1. The van der Waals surface area contributed by atoms with E-state index in [0.29, 0.717) is 6.54 Å². The van der Waals surface area contributed by atoms with Crippen LogP contribution in [0.25, 0.3) is 0 Å². The molecule has 2 aromatic rings. The van der Waals surface area contributed by atoms with Gasteiger partial charge < -0.3 is 5.32 Å². The first kappa shape index (κ1) is 24.9. The normalized spacial score (nSPS) is 14.8. The van der Waals surface area contributed by atoms with Crippen LogP contribution in [0.15, 0.2) is 53.4 Å². The van der Waals surface area contributed by atoms with Gasteiger partial charge in [0.2, 0.25) is 5.91 Å².